The molecule has 2 aromatic carbocycles. The summed E-state index contributed by atoms with van der Waals surface area (Å²) in [5.74, 6) is 0.293. The highest BCUT2D eigenvalue weighted by Crippen LogP contribution is 2.13. The van der Waals surface area contributed by atoms with Gasteiger partial charge in [-0.15, -0.1) is 0 Å². The molecule has 0 spiro atoms. The molecule has 1 unspecified atom stereocenters. The number of hydrogen-bond acceptors (Lipinski definition) is 4. The molecule has 0 saturated carbocycles. The average Bonchev–Trinajstić information content (AvgIpc) is 2.69. The van der Waals surface area contributed by atoms with Crippen LogP contribution in [0.3, 0.4) is 0 Å². The van der Waals surface area contributed by atoms with Crippen molar-refractivity contribution in [1.82, 2.24) is 15.3 Å². The zero-order valence-electron chi connectivity index (χ0n) is 15.0. The van der Waals surface area contributed by atoms with Crippen molar-refractivity contribution in [2.45, 2.75) is 19.4 Å². The monoisotopic (exact) mass is 380 g/mol. The number of aromatic nitrogens is 2. The normalized spacial score (nSPS) is 11.6. The summed E-state index contributed by atoms with van der Waals surface area (Å²) in [4.78, 5) is 20.8. The molecule has 1 aromatic heterocycles. The van der Waals surface area contributed by atoms with E-state index in [2.05, 4.69) is 20.6 Å². The van der Waals surface area contributed by atoms with E-state index in [0.29, 0.717) is 18.1 Å². The maximum Gasteiger partial charge on any atom is 0.254 e. The first kappa shape index (κ1) is 18.9. The van der Waals surface area contributed by atoms with Crippen molar-refractivity contribution in [3.8, 4) is 0 Å². The Morgan fingerprint density at radius 1 is 1.07 bits per heavy atom. The molecule has 3 aromatic rings. The van der Waals surface area contributed by atoms with Gasteiger partial charge >= 0.3 is 0 Å². The van der Waals surface area contributed by atoms with Crippen LogP contribution in [0.25, 0.3) is 0 Å². The number of anilines is 1. The van der Waals surface area contributed by atoms with Gasteiger partial charge in [-0.3, -0.25) is 4.79 Å². The Kier molecular flexibility index (Phi) is 6.39. The standard InChI is InChI=1S/C21H21ClN4O/c1-15(17-7-3-2-4-8-17)26-20(27)18-13-24-21(25-14-18)23-11-10-16-6-5-9-19(22)12-16/h2-9,12-15H,10-11H2,1H3,(H,26,27)(H,23,24,25). The summed E-state index contributed by atoms with van der Waals surface area (Å²) >= 11 is 5.98. The highest BCUT2D eigenvalue weighted by Gasteiger charge is 2.12. The van der Waals surface area contributed by atoms with Gasteiger partial charge in [0, 0.05) is 24.0 Å². The lowest BCUT2D eigenvalue weighted by molar-refractivity contribution is 0.0939. The van der Waals surface area contributed by atoms with Gasteiger partial charge in [0.25, 0.3) is 5.91 Å². The zero-order chi connectivity index (χ0) is 19.1. The largest absolute Gasteiger partial charge is 0.354 e. The highest BCUT2D eigenvalue weighted by molar-refractivity contribution is 6.30. The van der Waals surface area contributed by atoms with Crippen molar-refractivity contribution in [2.75, 3.05) is 11.9 Å². The van der Waals surface area contributed by atoms with Gasteiger partial charge < -0.3 is 10.6 Å². The molecule has 138 valence electrons. The minimum atomic E-state index is -0.197. The quantitative estimate of drug-likeness (QED) is 0.642. The van der Waals surface area contributed by atoms with Crippen molar-refractivity contribution in [3.05, 3.63) is 88.7 Å². The maximum atomic E-state index is 12.3. The van der Waals surface area contributed by atoms with Gasteiger partial charge in [-0.25, -0.2) is 9.97 Å². The zero-order valence-corrected chi connectivity index (χ0v) is 15.8. The Balaban J connectivity index is 1.51. The van der Waals surface area contributed by atoms with Crippen molar-refractivity contribution in [2.24, 2.45) is 0 Å². The second kappa shape index (κ2) is 9.14. The molecule has 0 saturated heterocycles. The first-order valence-corrected chi connectivity index (χ1v) is 9.16. The van der Waals surface area contributed by atoms with Gasteiger partial charge in [0.05, 0.1) is 11.6 Å². The van der Waals surface area contributed by atoms with Crippen molar-refractivity contribution < 1.29 is 4.79 Å². The van der Waals surface area contributed by atoms with Crippen molar-refractivity contribution in [3.63, 3.8) is 0 Å². The number of carbonyl (C=O) groups is 1. The third kappa shape index (κ3) is 5.53. The van der Waals surface area contributed by atoms with Crippen LogP contribution in [0.15, 0.2) is 67.0 Å². The number of halogens is 1. The number of benzene rings is 2. The highest BCUT2D eigenvalue weighted by atomic mass is 35.5. The van der Waals surface area contributed by atoms with Crippen LogP contribution >= 0.6 is 11.6 Å². The van der Waals surface area contributed by atoms with Crippen LogP contribution in [0.1, 0.15) is 34.5 Å². The van der Waals surface area contributed by atoms with Gasteiger partial charge in [-0.1, -0.05) is 54.1 Å². The molecule has 0 aliphatic rings. The SMILES string of the molecule is CC(NC(=O)c1cnc(NCCc2cccc(Cl)c2)nc1)c1ccccc1. The summed E-state index contributed by atoms with van der Waals surface area (Å²) in [6.07, 6.45) is 3.87. The molecule has 3 rings (SSSR count). The number of rotatable bonds is 7. The molecule has 1 heterocycles. The number of carbonyl (C=O) groups excluding carboxylic acids is 1. The average molecular weight is 381 g/mol. The van der Waals surface area contributed by atoms with Crippen LogP contribution in [0.2, 0.25) is 5.02 Å². The summed E-state index contributed by atoms with van der Waals surface area (Å²) in [7, 11) is 0. The van der Waals surface area contributed by atoms with E-state index in [1.807, 2.05) is 61.5 Å². The Morgan fingerprint density at radius 3 is 2.52 bits per heavy atom. The molecule has 27 heavy (non-hydrogen) atoms. The van der Waals surface area contributed by atoms with Gasteiger partial charge in [0.2, 0.25) is 5.95 Å². The predicted molar refractivity (Wildman–Crippen MR) is 108 cm³/mol. The number of amides is 1. The molecule has 1 amide bonds. The van der Waals surface area contributed by atoms with E-state index >= 15 is 0 Å². The summed E-state index contributed by atoms with van der Waals surface area (Å²) < 4.78 is 0. The minimum absolute atomic E-state index is 0.0887. The fourth-order valence-corrected chi connectivity index (χ4v) is 2.87. The minimum Gasteiger partial charge on any atom is -0.354 e. The fourth-order valence-electron chi connectivity index (χ4n) is 2.65. The van der Waals surface area contributed by atoms with E-state index in [1.54, 1.807) is 0 Å². The van der Waals surface area contributed by atoms with Gasteiger partial charge in [-0.2, -0.15) is 0 Å². The van der Waals surface area contributed by atoms with Crippen LogP contribution < -0.4 is 10.6 Å². The third-order valence-corrected chi connectivity index (χ3v) is 4.38. The summed E-state index contributed by atoms with van der Waals surface area (Å²) in [5, 5.41) is 6.82. The molecule has 0 bridgehead atoms. The molecule has 0 aliphatic heterocycles. The smallest absolute Gasteiger partial charge is 0.254 e. The van der Waals surface area contributed by atoms with Crippen LogP contribution in [0.4, 0.5) is 5.95 Å². The molecule has 0 radical (unpaired) electrons. The molecule has 5 nitrogen and oxygen atoms in total. The van der Waals surface area contributed by atoms with Gasteiger partial charge in [0.15, 0.2) is 0 Å². The second-order valence-corrected chi connectivity index (χ2v) is 6.64. The fraction of sp³-hybridized carbons (Fsp3) is 0.190. The van der Waals surface area contributed by atoms with E-state index < -0.39 is 0 Å². The molecule has 0 fully saturated rings. The topological polar surface area (TPSA) is 66.9 Å². The third-order valence-electron chi connectivity index (χ3n) is 4.15. The summed E-state index contributed by atoms with van der Waals surface area (Å²) in [5.41, 5.74) is 2.62. The second-order valence-electron chi connectivity index (χ2n) is 6.21. The van der Waals surface area contributed by atoms with Crippen LogP contribution in [0, 0.1) is 0 Å². The lowest BCUT2D eigenvalue weighted by atomic mass is 10.1. The number of hydrogen-bond donors (Lipinski definition) is 2. The Labute approximate surface area is 163 Å². The van der Waals surface area contributed by atoms with E-state index in [-0.39, 0.29) is 11.9 Å². The Morgan fingerprint density at radius 2 is 1.81 bits per heavy atom. The lowest BCUT2D eigenvalue weighted by Crippen LogP contribution is -2.27. The first-order chi connectivity index (χ1) is 13.1. The predicted octanol–water partition coefficient (Wildman–Crippen LogP) is 4.28. The summed E-state index contributed by atoms with van der Waals surface area (Å²) in [6, 6.07) is 17.5. The van der Waals surface area contributed by atoms with Gasteiger partial charge in [0.1, 0.15) is 0 Å². The molecule has 1 atom stereocenters. The summed E-state index contributed by atoms with van der Waals surface area (Å²) in [6.45, 7) is 2.62. The molecule has 2 N–H and O–H groups in total. The lowest BCUT2D eigenvalue weighted by Gasteiger charge is -2.14. The first-order valence-electron chi connectivity index (χ1n) is 8.78. The van der Waals surface area contributed by atoms with E-state index in [4.69, 9.17) is 11.6 Å². The van der Waals surface area contributed by atoms with Crippen molar-refractivity contribution >= 4 is 23.5 Å². The maximum absolute atomic E-state index is 12.3. The molecular formula is C21H21ClN4O. The van der Waals surface area contributed by atoms with E-state index in [1.165, 1.54) is 12.4 Å². The van der Waals surface area contributed by atoms with E-state index in [0.717, 1.165) is 22.6 Å². The number of nitrogens with one attached hydrogen (secondary N) is 2. The van der Waals surface area contributed by atoms with Crippen LogP contribution in [-0.4, -0.2) is 22.4 Å². The van der Waals surface area contributed by atoms with Gasteiger partial charge in [-0.05, 0) is 36.6 Å². The molecule has 0 aliphatic carbocycles. The van der Waals surface area contributed by atoms with Crippen LogP contribution in [-0.2, 0) is 6.42 Å². The molecular weight excluding hydrogens is 360 g/mol. The van der Waals surface area contributed by atoms with Crippen molar-refractivity contribution in [1.29, 1.82) is 0 Å². The Hall–Kier alpha value is -2.92. The van der Waals surface area contributed by atoms with Crippen LogP contribution in [0.5, 0.6) is 0 Å². The van der Waals surface area contributed by atoms with E-state index in [9.17, 15) is 4.79 Å². The number of nitrogens with zero attached hydrogens (tertiary/aromatic N) is 2. The molecule has 6 heteroatoms. The Bertz CT molecular complexity index is 884.